The predicted molar refractivity (Wildman–Crippen MR) is 195 cm³/mol. The fourth-order valence-electron chi connectivity index (χ4n) is 7.03. The van der Waals surface area contributed by atoms with Gasteiger partial charge in [-0.05, 0) is 71.5 Å². The largest absolute Gasteiger partial charge is 0.294 e. The van der Waals surface area contributed by atoms with E-state index in [0.717, 1.165) is 62.6 Å². The van der Waals surface area contributed by atoms with Crippen molar-refractivity contribution in [1.29, 1.82) is 0 Å². The predicted octanol–water partition coefficient (Wildman–Crippen LogP) is 10.8. The summed E-state index contributed by atoms with van der Waals surface area (Å²) in [5.74, 6) is 2.30. The molecule has 0 N–H and O–H groups in total. The second kappa shape index (κ2) is 11.1. The summed E-state index contributed by atoms with van der Waals surface area (Å²) in [5, 5.41) is 2.36. The van der Waals surface area contributed by atoms with Crippen LogP contribution in [-0.4, -0.2) is 19.1 Å². The molecule has 0 fully saturated rings. The Balaban J connectivity index is 1.35. The molecular formula is C43H32N4. The Kier molecular flexibility index (Phi) is 6.46. The standard InChI is InChI=1S/C43H32N4/c1-29-14-13-19-32(24-29)37-25-33(30-15-5-2-6-16-30)26-42(44-37)47-39-23-12-11-22-35(39)36-27-41-38(28-40(36)47)45-43(31-17-7-3-8-18-31)46(41)34-20-9-4-10-21-34/h2-23,25-29H,24H2,1H3. The number of hydrogen-bond donors (Lipinski definition) is 0. The summed E-state index contributed by atoms with van der Waals surface area (Å²) in [4.78, 5) is 10.7. The summed E-state index contributed by atoms with van der Waals surface area (Å²) in [6.45, 7) is 2.27. The maximum absolute atomic E-state index is 5.39. The fraction of sp³-hybridized carbons (Fsp3) is 0.0698. The summed E-state index contributed by atoms with van der Waals surface area (Å²) >= 11 is 0. The molecule has 0 aliphatic heterocycles. The highest BCUT2D eigenvalue weighted by molar-refractivity contribution is 6.13. The Hall–Kier alpha value is -6.00. The van der Waals surface area contributed by atoms with E-state index in [9.17, 15) is 0 Å². The summed E-state index contributed by atoms with van der Waals surface area (Å²) in [5.41, 5.74) is 11.0. The van der Waals surface area contributed by atoms with Crippen LogP contribution in [0.4, 0.5) is 0 Å². The summed E-state index contributed by atoms with van der Waals surface area (Å²) < 4.78 is 4.61. The second-order valence-electron chi connectivity index (χ2n) is 12.4. The van der Waals surface area contributed by atoms with Crippen LogP contribution in [0, 0.1) is 5.92 Å². The van der Waals surface area contributed by atoms with Crippen LogP contribution in [0.1, 0.15) is 19.0 Å². The van der Waals surface area contributed by atoms with Crippen molar-refractivity contribution in [2.45, 2.75) is 13.3 Å². The molecule has 3 aromatic heterocycles. The van der Waals surface area contributed by atoms with Gasteiger partial charge in [0.15, 0.2) is 0 Å². The number of aromatic nitrogens is 4. The number of imidazole rings is 1. The minimum absolute atomic E-state index is 0.473. The Bertz CT molecular complexity index is 2480. The second-order valence-corrected chi connectivity index (χ2v) is 12.4. The lowest BCUT2D eigenvalue weighted by atomic mass is 9.92. The average Bonchev–Trinajstić information content (AvgIpc) is 3.67. The molecule has 1 unspecified atom stereocenters. The normalized spacial score (nSPS) is 14.7. The highest BCUT2D eigenvalue weighted by atomic mass is 15.1. The van der Waals surface area contributed by atoms with Crippen LogP contribution in [0.25, 0.3) is 72.4 Å². The van der Waals surface area contributed by atoms with E-state index in [1.165, 1.54) is 21.9 Å². The molecule has 0 saturated heterocycles. The van der Waals surface area contributed by atoms with E-state index >= 15 is 0 Å². The number of hydrogen-bond acceptors (Lipinski definition) is 2. The fourth-order valence-corrected chi connectivity index (χ4v) is 7.03. The van der Waals surface area contributed by atoms with Crippen molar-refractivity contribution in [1.82, 2.24) is 19.1 Å². The minimum Gasteiger partial charge on any atom is -0.294 e. The lowest BCUT2D eigenvalue weighted by Crippen LogP contribution is -2.04. The molecule has 1 aliphatic carbocycles. The molecule has 1 atom stereocenters. The van der Waals surface area contributed by atoms with Gasteiger partial charge in [0.25, 0.3) is 0 Å². The number of para-hydroxylation sites is 2. The third-order valence-corrected chi connectivity index (χ3v) is 9.25. The highest BCUT2D eigenvalue weighted by Crippen LogP contribution is 2.38. The topological polar surface area (TPSA) is 35.6 Å². The zero-order valence-electron chi connectivity index (χ0n) is 26.1. The van der Waals surface area contributed by atoms with Gasteiger partial charge in [0.1, 0.15) is 11.6 Å². The molecule has 224 valence electrons. The van der Waals surface area contributed by atoms with Gasteiger partial charge in [-0.3, -0.25) is 9.13 Å². The SMILES string of the molecule is CC1C=CC=C(c2cc(-c3ccccc3)cc(-n3c4ccccc4c4cc5c(cc43)nc(-c3ccccc3)n5-c3ccccc3)n2)C1. The van der Waals surface area contributed by atoms with E-state index in [-0.39, 0.29) is 0 Å². The van der Waals surface area contributed by atoms with Crippen LogP contribution in [0.5, 0.6) is 0 Å². The van der Waals surface area contributed by atoms with E-state index in [1.807, 2.05) is 6.07 Å². The van der Waals surface area contributed by atoms with Crippen LogP contribution < -0.4 is 0 Å². The number of benzene rings is 5. The van der Waals surface area contributed by atoms with Crippen LogP contribution in [0.3, 0.4) is 0 Å². The van der Waals surface area contributed by atoms with E-state index in [0.29, 0.717) is 5.92 Å². The molecule has 0 bridgehead atoms. The molecule has 0 amide bonds. The first-order valence-corrected chi connectivity index (χ1v) is 16.2. The molecule has 5 aromatic carbocycles. The maximum Gasteiger partial charge on any atom is 0.145 e. The number of allylic oxidation sites excluding steroid dienone is 4. The summed E-state index contributed by atoms with van der Waals surface area (Å²) in [7, 11) is 0. The van der Waals surface area contributed by atoms with Gasteiger partial charge < -0.3 is 0 Å². The van der Waals surface area contributed by atoms with E-state index in [2.05, 4.69) is 168 Å². The van der Waals surface area contributed by atoms with Gasteiger partial charge >= 0.3 is 0 Å². The van der Waals surface area contributed by atoms with Gasteiger partial charge in [0.05, 0.1) is 27.8 Å². The third-order valence-electron chi connectivity index (χ3n) is 9.25. The molecule has 0 radical (unpaired) electrons. The molecule has 0 spiro atoms. The van der Waals surface area contributed by atoms with Crippen LogP contribution in [0.15, 0.2) is 158 Å². The molecule has 8 aromatic rings. The minimum atomic E-state index is 0.473. The van der Waals surface area contributed by atoms with Crippen molar-refractivity contribution < 1.29 is 0 Å². The summed E-state index contributed by atoms with van der Waals surface area (Å²) in [6.07, 6.45) is 7.62. The van der Waals surface area contributed by atoms with E-state index in [4.69, 9.17) is 9.97 Å². The van der Waals surface area contributed by atoms with Gasteiger partial charge in [0.2, 0.25) is 0 Å². The smallest absolute Gasteiger partial charge is 0.145 e. The molecule has 0 saturated carbocycles. The Morgan fingerprint density at radius 1 is 0.574 bits per heavy atom. The molecule has 3 heterocycles. The quantitative estimate of drug-likeness (QED) is 0.196. The Labute approximate surface area is 273 Å². The van der Waals surface area contributed by atoms with Crippen molar-refractivity contribution in [3.8, 4) is 34.0 Å². The summed E-state index contributed by atoms with van der Waals surface area (Å²) in [6, 6.07) is 49.3. The average molecular weight is 605 g/mol. The molecule has 47 heavy (non-hydrogen) atoms. The molecule has 4 heteroatoms. The third kappa shape index (κ3) is 4.69. The first-order valence-electron chi connectivity index (χ1n) is 16.2. The monoisotopic (exact) mass is 604 g/mol. The molecule has 1 aliphatic rings. The van der Waals surface area contributed by atoms with Crippen molar-refractivity contribution in [2.75, 3.05) is 0 Å². The lowest BCUT2D eigenvalue weighted by Gasteiger charge is -2.17. The van der Waals surface area contributed by atoms with Gasteiger partial charge in [-0.2, -0.15) is 0 Å². The van der Waals surface area contributed by atoms with Gasteiger partial charge in [-0.25, -0.2) is 9.97 Å². The van der Waals surface area contributed by atoms with Crippen LogP contribution in [0.2, 0.25) is 0 Å². The van der Waals surface area contributed by atoms with Crippen molar-refractivity contribution in [2.24, 2.45) is 5.92 Å². The van der Waals surface area contributed by atoms with Crippen molar-refractivity contribution in [3.63, 3.8) is 0 Å². The Morgan fingerprint density at radius 2 is 1.28 bits per heavy atom. The molecular weight excluding hydrogens is 573 g/mol. The molecule has 9 rings (SSSR count). The first-order chi connectivity index (χ1) is 23.2. The van der Waals surface area contributed by atoms with Gasteiger partial charge in [-0.1, -0.05) is 122 Å². The van der Waals surface area contributed by atoms with Gasteiger partial charge in [-0.15, -0.1) is 0 Å². The van der Waals surface area contributed by atoms with Crippen molar-refractivity contribution >= 4 is 38.4 Å². The first kappa shape index (κ1) is 27.3. The zero-order valence-corrected chi connectivity index (χ0v) is 26.1. The van der Waals surface area contributed by atoms with Crippen molar-refractivity contribution in [3.05, 3.63) is 163 Å². The molecule has 4 nitrogen and oxygen atoms in total. The van der Waals surface area contributed by atoms with Crippen LogP contribution >= 0.6 is 0 Å². The Morgan fingerprint density at radius 3 is 2.04 bits per heavy atom. The number of fused-ring (bicyclic) bond motifs is 4. The maximum atomic E-state index is 5.39. The number of rotatable bonds is 5. The van der Waals surface area contributed by atoms with Crippen LogP contribution in [-0.2, 0) is 0 Å². The van der Waals surface area contributed by atoms with E-state index in [1.54, 1.807) is 0 Å². The zero-order chi connectivity index (χ0) is 31.3. The number of pyridine rings is 1. The number of nitrogens with zero attached hydrogens (tertiary/aromatic N) is 4. The highest BCUT2D eigenvalue weighted by Gasteiger charge is 2.21. The lowest BCUT2D eigenvalue weighted by molar-refractivity contribution is 0.746. The van der Waals surface area contributed by atoms with Gasteiger partial charge in [0, 0.05) is 22.0 Å². The van der Waals surface area contributed by atoms with E-state index < -0.39 is 0 Å².